The van der Waals surface area contributed by atoms with Gasteiger partial charge in [-0.2, -0.15) is 9.50 Å². The lowest BCUT2D eigenvalue weighted by atomic mass is 10.3. The highest BCUT2D eigenvalue weighted by Crippen LogP contribution is 2.17. The van der Waals surface area contributed by atoms with E-state index in [2.05, 4.69) is 51.5 Å². The number of rotatable bonds is 6. The van der Waals surface area contributed by atoms with Gasteiger partial charge in [0.1, 0.15) is 5.82 Å². The van der Waals surface area contributed by atoms with Crippen molar-refractivity contribution < 1.29 is 0 Å². The quantitative estimate of drug-likeness (QED) is 0.798. The summed E-state index contributed by atoms with van der Waals surface area (Å²) in [6.45, 7) is 16.8. The topological polar surface area (TPSA) is 52.8 Å². The van der Waals surface area contributed by atoms with E-state index in [9.17, 15) is 0 Å². The molecule has 2 aromatic rings. The lowest BCUT2D eigenvalue weighted by molar-refractivity contribution is 0.129. The van der Waals surface area contributed by atoms with Crippen LogP contribution in [-0.2, 0) is 6.54 Å². The van der Waals surface area contributed by atoms with Gasteiger partial charge in [0.15, 0.2) is 5.82 Å². The molecule has 0 unspecified atom stereocenters. The second kappa shape index (κ2) is 7.44. The van der Waals surface area contributed by atoms with Gasteiger partial charge in [0.2, 0.25) is 0 Å². The third kappa shape index (κ3) is 3.52. The molecular weight excluding hydrogens is 302 g/mol. The minimum Gasteiger partial charge on any atom is -0.357 e. The summed E-state index contributed by atoms with van der Waals surface area (Å²) in [5.41, 5.74) is 0.986. The fourth-order valence-corrected chi connectivity index (χ4v) is 3.31. The Balaban J connectivity index is 1.82. The van der Waals surface area contributed by atoms with Gasteiger partial charge in [0, 0.05) is 51.0 Å². The molecule has 0 aliphatic carbocycles. The molecule has 0 spiro atoms. The monoisotopic (exact) mass is 331 g/mol. The number of aromatic nitrogens is 4. The van der Waals surface area contributed by atoms with Crippen molar-refractivity contribution in [1.29, 1.82) is 0 Å². The number of aryl methyl sites for hydroxylation is 1. The van der Waals surface area contributed by atoms with Crippen molar-refractivity contribution in [3.8, 4) is 0 Å². The molecule has 0 radical (unpaired) electrons. The fourth-order valence-electron chi connectivity index (χ4n) is 3.31. The predicted molar refractivity (Wildman–Crippen MR) is 96.5 cm³/mol. The Hall–Kier alpha value is -1.73. The van der Waals surface area contributed by atoms with Crippen molar-refractivity contribution in [1.82, 2.24) is 29.4 Å². The molecule has 1 saturated heterocycles. The first-order valence-corrected chi connectivity index (χ1v) is 9.07. The second-order valence-electron chi connectivity index (χ2n) is 6.38. The Bertz CT molecular complexity index is 669. The van der Waals surface area contributed by atoms with Crippen LogP contribution in [0.5, 0.6) is 0 Å². The van der Waals surface area contributed by atoms with E-state index in [-0.39, 0.29) is 0 Å². The van der Waals surface area contributed by atoms with Gasteiger partial charge in [-0.15, -0.1) is 5.10 Å². The minimum atomic E-state index is 0.707. The summed E-state index contributed by atoms with van der Waals surface area (Å²) in [7, 11) is 0. The number of likely N-dealkylation sites (N-methyl/N-ethyl adjacent to an activating group) is 1. The molecule has 3 heterocycles. The number of fused-ring (bicyclic) bond motifs is 1. The van der Waals surface area contributed by atoms with Gasteiger partial charge >= 0.3 is 0 Å². The molecule has 2 aromatic heterocycles. The van der Waals surface area contributed by atoms with E-state index in [1.54, 1.807) is 0 Å². The van der Waals surface area contributed by atoms with Gasteiger partial charge < -0.3 is 9.80 Å². The zero-order valence-corrected chi connectivity index (χ0v) is 15.4. The maximum absolute atomic E-state index is 4.75. The van der Waals surface area contributed by atoms with Crippen LogP contribution in [-0.4, -0.2) is 75.2 Å². The average Bonchev–Trinajstić information content (AvgIpc) is 2.98. The summed E-state index contributed by atoms with van der Waals surface area (Å²) >= 11 is 0. The maximum Gasteiger partial charge on any atom is 0.254 e. The zero-order chi connectivity index (χ0) is 17.1. The Morgan fingerprint density at radius 3 is 2.29 bits per heavy atom. The Labute approximate surface area is 144 Å². The minimum absolute atomic E-state index is 0.707. The summed E-state index contributed by atoms with van der Waals surface area (Å²) < 4.78 is 1.90. The second-order valence-corrected chi connectivity index (χ2v) is 6.38. The van der Waals surface area contributed by atoms with Gasteiger partial charge in [-0.1, -0.05) is 6.92 Å². The van der Waals surface area contributed by atoms with Crippen LogP contribution >= 0.6 is 0 Å². The highest BCUT2D eigenvalue weighted by atomic mass is 15.4. The normalized spacial score (nSPS) is 16.8. The summed E-state index contributed by atoms with van der Waals surface area (Å²) in [6, 6.07) is 2.10. The highest BCUT2D eigenvalue weighted by molar-refractivity contribution is 5.47. The highest BCUT2D eigenvalue weighted by Gasteiger charge is 2.19. The molecule has 0 N–H and O–H groups in total. The number of piperazine rings is 1. The molecule has 24 heavy (non-hydrogen) atoms. The molecule has 0 aromatic carbocycles. The van der Waals surface area contributed by atoms with Gasteiger partial charge in [-0.05, 0) is 27.3 Å². The molecule has 1 fully saturated rings. The van der Waals surface area contributed by atoms with Crippen LogP contribution in [0.1, 0.15) is 32.3 Å². The third-order valence-corrected chi connectivity index (χ3v) is 4.83. The largest absolute Gasteiger partial charge is 0.357 e. The van der Waals surface area contributed by atoms with Crippen LogP contribution in [0, 0.1) is 6.92 Å². The average molecular weight is 331 g/mol. The van der Waals surface area contributed by atoms with Crippen LogP contribution < -0.4 is 4.90 Å². The fraction of sp³-hybridized carbons (Fsp3) is 0.706. The molecular formula is C17H29N7. The van der Waals surface area contributed by atoms with E-state index in [1.165, 1.54) is 0 Å². The van der Waals surface area contributed by atoms with Crippen LogP contribution in [0.2, 0.25) is 0 Å². The predicted octanol–water partition coefficient (Wildman–Crippen LogP) is 1.42. The summed E-state index contributed by atoms with van der Waals surface area (Å²) in [6.07, 6.45) is 0. The van der Waals surface area contributed by atoms with Crippen molar-refractivity contribution in [3.63, 3.8) is 0 Å². The molecule has 0 saturated carbocycles. The zero-order valence-electron chi connectivity index (χ0n) is 15.4. The van der Waals surface area contributed by atoms with Gasteiger partial charge in [0.25, 0.3) is 5.78 Å². The Kier molecular flexibility index (Phi) is 5.30. The van der Waals surface area contributed by atoms with E-state index < -0.39 is 0 Å². The molecule has 0 bridgehead atoms. The molecule has 7 nitrogen and oxygen atoms in total. The van der Waals surface area contributed by atoms with Crippen LogP contribution in [0.25, 0.3) is 5.78 Å². The Morgan fingerprint density at radius 1 is 1.00 bits per heavy atom. The molecule has 3 rings (SSSR count). The first-order valence-electron chi connectivity index (χ1n) is 9.07. The summed E-state index contributed by atoms with van der Waals surface area (Å²) in [5.74, 6) is 2.66. The first-order chi connectivity index (χ1) is 11.6. The van der Waals surface area contributed by atoms with Crippen molar-refractivity contribution in [2.45, 2.75) is 34.2 Å². The number of hydrogen-bond donors (Lipinski definition) is 0. The Morgan fingerprint density at radius 2 is 1.67 bits per heavy atom. The van der Waals surface area contributed by atoms with Gasteiger partial charge in [-0.25, -0.2) is 4.98 Å². The van der Waals surface area contributed by atoms with Gasteiger partial charge in [-0.3, -0.25) is 4.90 Å². The lowest BCUT2D eigenvalue weighted by Crippen LogP contribution is -2.45. The first kappa shape index (κ1) is 17.1. The van der Waals surface area contributed by atoms with Crippen molar-refractivity contribution in [2.24, 2.45) is 0 Å². The summed E-state index contributed by atoms with van der Waals surface area (Å²) in [5, 5.41) is 4.75. The SMILES string of the molecule is CCN1CCN(Cc2nc3nc(C)cc(N(CC)CC)n3n2)CC1. The van der Waals surface area contributed by atoms with E-state index >= 15 is 0 Å². The van der Waals surface area contributed by atoms with E-state index in [4.69, 9.17) is 5.10 Å². The van der Waals surface area contributed by atoms with E-state index in [0.29, 0.717) is 5.78 Å². The summed E-state index contributed by atoms with van der Waals surface area (Å²) in [4.78, 5) is 16.4. The number of anilines is 1. The number of nitrogens with zero attached hydrogens (tertiary/aromatic N) is 7. The van der Waals surface area contributed by atoms with E-state index in [1.807, 2.05) is 11.4 Å². The third-order valence-electron chi connectivity index (χ3n) is 4.83. The standard InChI is InChI=1S/C17H29N7/c1-5-21-8-10-22(11-9-21)13-15-19-17-18-14(4)12-16(24(17)20-15)23(6-2)7-3/h12H,5-11,13H2,1-4H3. The molecule has 132 valence electrons. The van der Waals surface area contributed by atoms with Crippen LogP contribution in [0.3, 0.4) is 0 Å². The lowest BCUT2D eigenvalue weighted by Gasteiger charge is -2.33. The number of hydrogen-bond acceptors (Lipinski definition) is 6. The molecule has 0 atom stereocenters. The molecule has 7 heteroatoms. The molecule has 1 aliphatic heterocycles. The van der Waals surface area contributed by atoms with Crippen molar-refractivity contribution in [3.05, 3.63) is 17.6 Å². The van der Waals surface area contributed by atoms with Crippen molar-refractivity contribution >= 4 is 11.6 Å². The van der Waals surface area contributed by atoms with Crippen LogP contribution in [0.15, 0.2) is 6.07 Å². The van der Waals surface area contributed by atoms with E-state index in [0.717, 1.165) is 69.7 Å². The van der Waals surface area contributed by atoms with Crippen LogP contribution in [0.4, 0.5) is 5.82 Å². The molecule has 1 aliphatic rings. The maximum atomic E-state index is 4.75. The smallest absolute Gasteiger partial charge is 0.254 e. The van der Waals surface area contributed by atoms with Crippen molar-refractivity contribution in [2.75, 3.05) is 50.7 Å². The van der Waals surface area contributed by atoms with Gasteiger partial charge in [0.05, 0.1) is 6.54 Å². The molecule has 0 amide bonds.